The van der Waals surface area contributed by atoms with Gasteiger partial charge in [-0.05, 0) is 18.4 Å². The Labute approximate surface area is 109 Å². The van der Waals surface area contributed by atoms with Crippen LogP contribution in [0.4, 0.5) is 0 Å². The molecule has 0 saturated heterocycles. The van der Waals surface area contributed by atoms with Gasteiger partial charge in [0.05, 0.1) is 11.5 Å². The molecule has 0 aliphatic rings. The van der Waals surface area contributed by atoms with Gasteiger partial charge in [0.15, 0.2) is 9.84 Å². The molecule has 0 heterocycles. The Bertz CT molecular complexity index is 492. The summed E-state index contributed by atoms with van der Waals surface area (Å²) in [5.41, 5.74) is 6.97. The lowest BCUT2D eigenvalue weighted by atomic mass is 10.1. The number of amidine groups is 1. The number of hydrogen-bond acceptors (Lipinski definition) is 3. The van der Waals surface area contributed by atoms with E-state index in [2.05, 4.69) is 0 Å². The van der Waals surface area contributed by atoms with E-state index in [0.717, 1.165) is 18.4 Å². The fourth-order valence-electron chi connectivity index (χ4n) is 1.59. The Kier molecular flexibility index (Phi) is 5.34. The lowest BCUT2D eigenvalue weighted by Crippen LogP contribution is -2.13. The van der Waals surface area contributed by atoms with Crippen LogP contribution in [0.3, 0.4) is 0 Å². The molecule has 0 saturated carbocycles. The van der Waals surface area contributed by atoms with Gasteiger partial charge in [-0.25, -0.2) is 8.42 Å². The average Bonchev–Trinajstić information content (AvgIpc) is 2.35. The molecule has 0 spiro atoms. The largest absolute Gasteiger partial charge is 0.384 e. The molecule has 18 heavy (non-hydrogen) atoms. The summed E-state index contributed by atoms with van der Waals surface area (Å²) >= 11 is 0. The topological polar surface area (TPSA) is 84.0 Å². The van der Waals surface area contributed by atoms with E-state index < -0.39 is 9.84 Å². The zero-order valence-electron chi connectivity index (χ0n) is 10.6. The van der Waals surface area contributed by atoms with Crippen LogP contribution in [0.1, 0.15) is 30.9 Å². The number of aryl methyl sites for hydroxylation is 1. The minimum atomic E-state index is -2.94. The molecule has 4 nitrogen and oxygen atoms in total. The van der Waals surface area contributed by atoms with Gasteiger partial charge in [-0.1, -0.05) is 37.6 Å². The molecule has 100 valence electrons. The molecular weight excluding hydrogens is 248 g/mol. The number of nitrogens with one attached hydrogen (secondary N) is 1. The van der Waals surface area contributed by atoms with Crippen LogP contribution in [0.2, 0.25) is 0 Å². The number of benzene rings is 1. The Morgan fingerprint density at radius 3 is 2.33 bits per heavy atom. The molecule has 0 bridgehead atoms. The van der Waals surface area contributed by atoms with Crippen LogP contribution < -0.4 is 5.73 Å². The number of unbranched alkanes of at least 4 members (excludes halogenated alkanes) is 1. The van der Waals surface area contributed by atoms with E-state index >= 15 is 0 Å². The maximum atomic E-state index is 11.7. The fraction of sp³-hybridized carbons (Fsp3) is 0.462. The van der Waals surface area contributed by atoms with Crippen LogP contribution in [0.5, 0.6) is 0 Å². The van der Waals surface area contributed by atoms with Crippen LogP contribution in [0.25, 0.3) is 0 Å². The zero-order valence-corrected chi connectivity index (χ0v) is 11.5. The second-order valence-electron chi connectivity index (χ2n) is 4.37. The molecule has 1 aromatic carbocycles. The first-order valence-electron chi connectivity index (χ1n) is 6.08. The molecule has 0 fully saturated rings. The van der Waals surface area contributed by atoms with E-state index in [4.69, 9.17) is 11.1 Å². The Hall–Kier alpha value is -1.36. The first kappa shape index (κ1) is 14.7. The normalized spacial score (nSPS) is 11.4. The molecular formula is C13H20N2O2S. The highest BCUT2D eigenvalue weighted by atomic mass is 32.2. The summed E-state index contributed by atoms with van der Waals surface area (Å²) in [7, 11) is -2.94. The monoisotopic (exact) mass is 268 g/mol. The van der Waals surface area contributed by atoms with Gasteiger partial charge < -0.3 is 5.73 Å². The van der Waals surface area contributed by atoms with E-state index in [9.17, 15) is 8.42 Å². The summed E-state index contributed by atoms with van der Waals surface area (Å²) in [4.78, 5) is 0. The molecule has 0 aliphatic heterocycles. The molecule has 1 aromatic rings. The number of nitrogens with two attached hydrogens (primary N) is 1. The zero-order chi connectivity index (χ0) is 13.6. The fourth-order valence-corrected chi connectivity index (χ4v) is 3.07. The third-order valence-corrected chi connectivity index (χ3v) is 4.51. The molecule has 1 rings (SSSR count). The van der Waals surface area contributed by atoms with Gasteiger partial charge in [0.2, 0.25) is 0 Å². The highest BCUT2D eigenvalue weighted by molar-refractivity contribution is 7.91. The highest BCUT2D eigenvalue weighted by Crippen LogP contribution is 2.07. The quantitative estimate of drug-likeness (QED) is 0.583. The van der Waals surface area contributed by atoms with E-state index in [1.54, 1.807) is 12.1 Å². The van der Waals surface area contributed by atoms with Crippen LogP contribution >= 0.6 is 0 Å². The van der Waals surface area contributed by atoms with E-state index in [1.807, 2.05) is 19.1 Å². The van der Waals surface area contributed by atoms with E-state index in [-0.39, 0.29) is 17.3 Å². The molecule has 5 heteroatoms. The number of rotatable bonds is 7. The third kappa shape index (κ3) is 4.87. The predicted octanol–water partition coefficient (Wildman–Crippen LogP) is 1.73. The van der Waals surface area contributed by atoms with E-state index in [1.165, 1.54) is 0 Å². The average molecular weight is 268 g/mol. The molecule has 0 atom stereocenters. The predicted molar refractivity (Wildman–Crippen MR) is 74.7 cm³/mol. The first-order valence-corrected chi connectivity index (χ1v) is 7.90. The second-order valence-corrected chi connectivity index (χ2v) is 6.67. The smallest absolute Gasteiger partial charge is 0.150 e. The van der Waals surface area contributed by atoms with Gasteiger partial charge >= 0.3 is 0 Å². The molecule has 0 aromatic heterocycles. The van der Waals surface area contributed by atoms with Crippen molar-refractivity contribution in [3.63, 3.8) is 0 Å². The van der Waals surface area contributed by atoms with Gasteiger partial charge in [0.1, 0.15) is 5.84 Å². The highest BCUT2D eigenvalue weighted by Gasteiger charge is 2.10. The Morgan fingerprint density at radius 2 is 1.83 bits per heavy atom. The van der Waals surface area contributed by atoms with Crippen molar-refractivity contribution in [2.45, 2.75) is 26.2 Å². The lowest BCUT2D eigenvalue weighted by molar-refractivity contribution is 0.592. The van der Waals surface area contributed by atoms with Crippen LogP contribution in [0.15, 0.2) is 24.3 Å². The van der Waals surface area contributed by atoms with Gasteiger partial charge in [0.25, 0.3) is 0 Å². The van der Waals surface area contributed by atoms with Crippen molar-refractivity contribution >= 4 is 15.7 Å². The summed E-state index contributed by atoms with van der Waals surface area (Å²) < 4.78 is 23.4. The van der Waals surface area contributed by atoms with Crippen molar-refractivity contribution in [2.24, 2.45) is 5.73 Å². The van der Waals surface area contributed by atoms with Crippen molar-refractivity contribution in [2.75, 3.05) is 11.5 Å². The van der Waals surface area contributed by atoms with Gasteiger partial charge in [-0.3, -0.25) is 5.41 Å². The molecule has 0 radical (unpaired) electrons. The van der Waals surface area contributed by atoms with Crippen LogP contribution in [-0.2, 0) is 16.3 Å². The van der Waals surface area contributed by atoms with Crippen LogP contribution in [0, 0.1) is 5.41 Å². The molecule has 0 aliphatic carbocycles. The SMILES string of the molecule is CCCCS(=O)(=O)CCc1ccc(C(=N)N)cc1. The van der Waals surface area contributed by atoms with Crippen molar-refractivity contribution in [1.82, 2.24) is 0 Å². The van der Waals surface area contributed by atoms with Crippen LogP contribution in [-0.4, -0.2) is 25.8 Å². The van der Waals surface area contributed by atoms with Crippen molar-refractivity contribution in [3.8, 4) is 0 Å². The molecule has 0 unspecified atom stereocenters. The summed E-state index contributed by atoms with van der Waals surface area (Å²) in [5, 5.41) is 7.26. The summed E-state index contributed by atoms with van der Waals surface area (Å²) in [6, 6.07) is 7.14. The summed E-state index contributed by atoms with van der Waals surface area (Å²) in [5.74, 6) is 0.485. The Balaban J connectivity index is 2.56. The number of sulfone groups is 1. The van der Waals surface area contributed by atoms with Crippen molar-refractivity contribution < 1.29 is 8.42 Å². The standard InChI is InChI=1S/C13H20N2O2S/c1-2-3-9-18(16,17)10-8-11-4-6-12(7-5-11)13(14)15/h4-7H,2-3,8-10H2,1H3,(H3,14,15). The van der Waals surface area contributed by atoms with Gasteiger partial charge in [-0.15, -0.1) is 0 Å². The number of hydrogen-bond donors (Lipinski definition) is 2. The third-order valence-electron chi connectivity index (χ3n) is 2.78. The second kappa shape index (κ2) is 6.54. The summed E-state index contributed by atoms with van der Waals surface area (Å²) in [6.45, 7) is 1.98. The van der Waals surface area contributed by atoms with Gasteiger partial charge in [0, 0.05) is 5.56 Å². The van der Waals surface area contributed by atoms with Crippen molar-refractivity contribution in [1.29, 1.82) is 5.41 Å². The maximum absolute atomic E-state index is 11.7. The van der Waals surface area contributed by atoms with Crippen molar-refractivity contribution in [3.05, 3.63) is 35.4 Å². The molecule has 0 amide bonds. The number of nitrogen functional groups attached to an aromatic ring is 1. The molecule has 3 N–H and O–H groups in total. The van der Waals surface area contributed by atoms with E-state index in [0.29, 0.717) is 12.0 Å². The maximum Gasteiger partial charge on any atom is 0.150 e. The first-order chi connectivity index (χ1) is 8.44. The Morgan fingerprint density at radius 1 is 1.22 bits per heavy atom. The minimum Gasteiger partial charge on any atom is -0.384 e. The summed E-state index contributed by atoms with van der Waals surface area (Å²) in [6.07, 6.45) is 2.14. The minimum absolute atomic E-state index is 0.0251. The lowest BCUT2D eigenvalue weighted by Gasteiger charge is -2.05. The van der Waals surface area contributed by atoms with Gasteiger partial charge in [-0.2, -0.15) is 0 Å².